The minimum atomic E-state index is -3.11. The maximum atomic E-state index is 12.1. The minimum absolute atomic E-state index is 0.396. The van der Waals surface area contributed by atoms with Gasteiger partial charge in [0.15, 0.2) is 0 Å². The number of ether oxygens (including phenoxy) is 2. The van der Waals surface area contributed by atoms with Crippen molar-refractivity contribution in [1.29, 1.82) is 0 Å². The number of hydrogen-bond acceptors (Lipinski definition) is 7. The maximum absolute atomic E-state index is 12.1. The highest BCUT2D eigenvalue weighted by molar-refractivity contribution is 6.62. The summed E-state index contributed by atoms with van der Waals surface area (Å²) < 4.78 is 27.1. The normalized spacial score (nSPS) is 13.7. The van der Waals surface area contributed by atoms with Crippen LogP contribution in [0, 0.1) is 0 Å². The number of nitrogens with one attached hydrogen (secondary N) is 1. The summed E-state index contributed by atoms with van der Waals surface area (Å²) in [6, 6.07) is 0. The van der Waals surface area contributed by atoms with E-state index in [9.17, 15) is 9.59 Å². The standard InChI is InChI=1S/C15H29NO7Si/c1-7-13(24(19-9-3,20-10-4)21-11-5)16-15(18)23-12(6)22-14(17)8-2/h8,12-13H,2,7,9-11H2,1,3-6H3,(H,16,18). The fourth-order valence-corrected chi connectivity index (χ4v) is 4.89. The molecule has 0 aliphatic heterocycles. The molecular weight excluding hydrogens is 334 g/mol. The fourth-order valence-electron chi connectivity index (χ4n) is 2.03. The van der Waals surface area contributed by atoms with Crippen LogP contribution in [0.15, 0.2) is 12.7 Å². The van der Waals surface area contributed by atoms with Crippen LogP contribution < -0.4 is 5.32 Å². The number of alkyl carbamates (subject to hydrolysis) is 1. The summed E-state index contributed by atoms with van der Waals surface area (Å²) in [4.78, 5) is 23.1. The second-order valence-electron chi connectivity index (χ2n) is 4.62. The predicted octanol–water partition coefficient (Wildman–Crippen LogP) is 2.15. The lowest BCUT2D eigenvalue weighted by Crippen LogP contribution is -2.63. The Morgan fingerprint density at radius 1 is 1.04 bits per heavy atom. The molecule has 0 aliphatic carbocycles. The maximum Gasteiger partial charge on any atom is 0.524 e. The molecule has 140 valence electrons. The third kappa shape index (κ3) is 7.43. The average molecular weight is 363 g/mol. The second-order valence-corrected chi connectivity index (χ2v) is 7.39. The van der Waals surface area contributed by atoms with E-state index in [0.717, 1.165) is 6.08 Å². The molecule has 1 N–H and O–H groups in total. The molecule has 0 fully saturated rings. The van der Waals surface area contributed by atoms with E-state index in [-0.39, 0.29) is 0 Å². The molecular formula is C15H29NO7Si. The highest BCUT2D eigenvalue weighted by atomic mass is 28.4. The van der Waals surface area contributed by atoms with Gasteiger partial charge in [-0.05, 0) is 27.2 Å². The van der Waals surface area contributed by atoms with E-state index in [0.29, 0.717) is 26.2 Å². The van der Waals surface area contributed by atoms with Crippen LogP contribution in [0.25, 0.3) is 0 Å². The number of carbonyl (C=O) groups is 2. The largest absolute Gasteiger partial charge is 0.524 e. The van der Waals surface area contributed by atoms with Gasteiger partial charge in [-0.2, -0.15) is 0 Å². The smallest absolute Gasteiger partial charge is 0.422 e. The number of hydrogen-bond donors (Lipinski definition) is 1. The second kappa shape index (κ2) is 12.0. The lowest BCUT2D eigenvalue weighted by molar-refractivity contribution is -0.158. The van der Waals surface area contributed by atoms with Crippen molar-refractivity contribution in [3.8, 4) is 0 Å². The minimum Gasteiger partial charge on any atom is -0.422 e. The summed E-state index contributed by atoms with van der Waals surface area (Å²) >= 11 is 0. The molecule has 0 heterocycles. The highest BCUT2D eigenvalue weighted by Gasteiger charge is 2.49. The molecule has 2 atom stereocenters. The Kier molecular flexibility index (Phi) is 11.3. The number of amides is 1. The molecule has 0 aromatic rings. The molecule has 0 aliphatic rings. The van der Waals surface area contributed by atoms with Gasteiger partial charge < -0.3 is 28.1 Å². The monoisotopic (exact) mass is 363 g/mol. The molecule has 2 unspecified atom stereocenters. The van der Waals surface area contributed by atoms with Crippen LogP contribution in [0.4, 0.5) is 4.79 Å². The molecule has 0 saturated heterocycles. The third-order valence-corrected chi connectivity index (χ3v) is 6.36. The van der Waals surface area contributed by atoms with Gasteiger partial charge in [0.05, 0.1) is 0 Å². The van der Waals surface area contributed by atoms with Crippen molar-refractivity contribution in [2.75, 3.05) is 19.8 Å². The van der Waals surface area contributed by atoms with Crippen LogP contribution in [-0.4, -0.2) is 52.6 Å². The summed E-state index contributed by atoms with van der Waals surface area (Å²) in [5.74, 6) is -0.677. The van der Waals surface area contributed by atoms with E-state index in [2.05, 4.69) is 11.9 Å². The van der Waals surface area contributed by atoms with E-state index < -0.39 is 32.8 Å². The molecule has 0 aromatic heterocycles. The van der Waals surface area contributed by atoms with Crippen LogP contribution in [0.5, 0.6) is 0 Å². The van der Waals surface area contributed by atoms with Crippen LogP contribution >= 0.6 is 0 Å². The van der Waals surface area contributed by atoms with E-state index in [4.69, 9.17) is 22.8 Å². The van der Waals surface area contributed by atoms with Gasteiger partial charge in [0.2, 0.25) is 6.29 Å². The first-order valence-corrected chi connectivity index (χ1v) is 9.91. The molecule has 0 rings (SSSR count). The summed E-state index contributed by atoms with van der Waals surface area (Å²) in [6.45, 7) is 13.3. The topological polar surface area (TPSA) is 92.3 Å². The van der Waals surface area contributed by atoms with Crippen molar-refractivity contribution >= 4 is 20.9 Å². The number of carbonyl (C=O) groups excluding carboxylic acids is 2. The Hall–Kier alpha value is -1.42. The Labute approximate surface area is 144 Å². The van der Waals surface area contributed by atoms with Gasteiger partial charge >= 0.3 is 20.9 Å². The number of esters is 1. The Bertz CT molecular complexity index is 388. The zero-order chi connectivity index (χ0) is 18.6. The third-order valence-electron chi connectivity index (χ3n) is 2.89. The summed E-state index contributed by atoms with van der Waals surface area (Å²) in [7, 11) is -3.11. The lowest BCUT2D eigenvalue weighted by atomic mass is 10.5. The van der Waals surface area contributed by atoms with Gasteiger partial charge in [0.25, 0.3) is 0 Å². The first-order chi connectivity index (χ1) is 11.4. The van der Waals surface area contributed by atoms with Crippen molar-refractivity contribution in [3.63, 3.8) is 0 Å². The first-order valence-electron chi connectivity index (χ1n) is 8.10. The Morgan fingerprint density at radius 2 is 1.54 bits per heavy atom. The molecule has 0 aromatic carbocycles. The van der Waals surface area contributed by atoms with Gasteiger partial charge in [-0.3, -0.25) is 0 Å². The van der Waals surface area contributed by atoms with Gasteiger partial charge in [-0.15, -0.1) is 0 Å². The molecule has 9 heteroatoms. The fraction of sp³-hybridized carbons (Fsp3) is 0.733. The van der Waals surface area contributed by atoms with E-state index in [1.807, 2.05) is 27.7 Å². The average Bonchev–Trinajstić information content (AvgIpc) is 2.52. The first kappa shape index (κ1) is 22.6. The van der Waals surface area contributed by atoms with Crippen LogP contribution in [-0.2, 0) is 27.5 Å². The van der Waals surface area contributed by atoms with Crippen molar-refractivity contribution in [2.45, 2.75) is 53.0 Å². The van der Waals surface area contributed by atoms with Gasteiger partial charge in [0.1, 0.15) is 5.67 Å². The van der Waals surface area contributed by atoms with Crippen molar-refractivity contribution in [3.05, 3.63) is 12.7 Å². The highest BCUT2D eigenvalue weighted by Crippen LogP contribution is 2.18. The van der Waals surface area contributed by atoms with Crippen molar-refractivity contribution in [1.82, 2.24) is 5.32 Å². The molecule has 24 heavy (non-hydrogen) atoms. The van der Waals surface area contributed by atoms with Gasteiger partial charge in [-0.1, -0.05) is 13.5 Å². The van der Waals surface area contributed by atoms with Crippen molar-refractivity contribution in [2.24, 2.45) is 0 Å². The molecule has 1 amide bonds. The molecule has 0 spiro atoms. The zero-order valence-corrected chi connectivity index (χ0v) is 16.1. The van der Waals surface area contributed by atoms with Crippen LogP contribution in [0.1, 0.15) is 41.0 Å². The van der Waals surface area contributed by atoms with E-state index in [1.54, 1.807) is 0 Å². The summed E-state index contributed by atoms with van der Waals surface area (Å²) in [5.41, 5.74) is -0.479. The van der Waals surface area contributed by atoms with Gasteiger partial charge in [0, 0.05) is 32.8 Å². The lowest BCUT2D eigenvalue weighted by Gasteiger charge is -2.34. The number of rotatable bonds is 12. The zero-order valence-electron chi connectivity index (χ0n) is 15.1. The molecule has 0 radical (unpaired) electrons. The van der Waals surface area contributed by atoms with Gasteiger partial charge in [-0.25, -0.2) is 9.59 Å². The van der Waals surface area contributed by atoms with Crippen LogP contribution in [0.3, 0.4) is 0 Å². The Balaban J connectivity index is 4.97. The summed E-state index contributed by atoms with van der Waals surface area (Å²) in [5, 5.41) is 2.69. The quantitative estimate of drug-likeness (QED) is 0.246. The van der Waals surface area contributed by atoms with E-state index >= 15 is 0 Å². The summed E-state index contributed by atoms with van der Waals surface area (Å²) in [6.07, 6.45) is -0.274. The molecule has 0 bridgehead atoms. The van der Waals surface area contributed by atoms with E-state index in [1.165, 1.54) is 6.92 Å². The molecule has 0 saturated carbocycles. The SMILES string of the molecule is C=CC(=O)OC(C)OC(=O)NC(CC)[Si](OCC)(OCC)OCC. The van der Waals surface area contributed by atoms with Crippen LogP contribution in [0.2, 0.25) is 0 Å². The molecule has 8 nitrogen and oxygen atoms in total. The van der Waals surface area contributed by atoms with Crippen molar-refractivity contribution < 1.29 is 32.3 Å². The predicted molar refractivity (Wildman–Crippen MR) is 90.1 cm³/mol. The Morgan fingerprint density at radius 3 is 1.92 bits per heavy atom.